The molecule has 3 rings (SSSR count). The van der Waals surface area contributed by atoms with Crippen LogP contribution in [-0.4, -0.2) is 44.8 Å². The van der Waals surface area contributed by atoms with E-state index in [1.54, 1.807) is 0 Å². The second kappa shape index (κ2) is 5.10. The Kier molecular flexibility index (Phi) is 3.65. The highest BCUT2D eigenvalue weighted by molar-refractivity contribution is 4.92. The van der Waals surface area contributed by atoms with Crippen molar-refractivity contribution in [3.05, 3.63) is 0 Å². The molecule has 2 aliphatic carbocycles. The Balaban J connectivity index is 1.51. The van der Waals surface area contributed by atoms with Crippen LogP contribution in [0.5, 0.6) is 0 Å². The van der Waals surface area contributed by atoms with Crippen LogP contribution >= 0.6 is 0 Å². The summed E-state index contributed by atoms with van der Waals surface area (Å²) >= 11 is 0. The van der Waals surface area contributed by atoms with Gasteiger partial charge in [-0.05, 0) is 50.5 Å². The first kappa shape index (κ1) is 12.9. The molecule has 4 atom stereocenters. The Labute approximate surface area is 111 Å². The average molecular weight is 252 g/mol. The fourth-order valence-electron chi connectivity index (χ4n) is 4.64. The van der Waals surface area contributed by atoms with Crippen LogP contribution in [-0.2, 0) is 4.74 Å². The van der Waals surface area contributed by atoms with Crippen molar-refractivity contribution in [3.8, 4) is 0 Å². The molecular formula is C15H28N2O. The fourth-order valence-corrected chi connectivity index (χ4v) is 4.64. The van der Waals surface area contributed by atoms with E-state index in [0.29, 0.717) is 0 Å². The standard InChI is InChI=1S/C15H28N2O/c1-17(10-15(9-16)4-5-18-11-15)8-14-7-12-2-3-13(14)6-12/h12-14H,2-11,16H2,1H3. The lowest BCUT2D eigenvalue weighted by Gasteiger charge is -2.34. The molecule has 0 spiro atoms. The summed E-state index contributed by atoms with van der Waals surface area (Å²) in [5, 5.41) is 0. The van der Waals surface area contributed by atoms with Crippen molar-refractivity contribution < 1.29 is 4.74 Å². The van der Waals surface area contributed by atoms with Crippen LogP contribution in [0.25, 0.3) is 0 Å². The molecule has 3 nitrogen and oxygen atoms in total. The van der Waals surface area contributed by atoms with Gasteiger partial charge in [0.25, 0.3) is 0 Å². The third-order valence-corrected chi connectivity index (χ3v) is 5.65. The highest BCUT2D eigenvalue weighted by Gasteiger charge is 2.41. The van der Waals surface area contributed by atoms with Gasteiger partial charge in [0.1, 0.15) is 0 Å². The molecular weight excluding hydrogens is 224 g/mol. The van der Waals surface area contributed by atoms with Gasteiger partial charge in [-0.25, -0.2) is 0 Å². The van der Waals surface area contributed by atoms with E-state index >= 15 is 0 Å². The highest BCUT2D eigenvalue weighted by atomic mass is 16.5. The Hall–Kier alpha value is -0.120. The molecule has 2 bridgehead atoms. The quantitative estimate of drug-likeness (QED) is 0.809. The number of ether oxygens (including phenoxy) is 1. The average Bonchev–Trinajstić information content (AvgIpc) is 3.04. The molecule has 0 amide bonds. The molecule has 1 saturated heterocycles. The summed E-state index contributed by atoms with van der Waals surface area (Å²) in [4.78, 5) is 2.53. The molecule has 1 aliphatic heterocycles. The van der Waals surface area contributed by atoms with Crippen LogP contribution in [0.4, 0.5) is 0 Å². The topological polar surface area (TPSA) is 38.5 Å². The lowest BCUT2D eigenvalue weighted by atomic mass is 9.85. The summed E-state index contributed by atoms with van der Waals surface area (Å²) in [7, 11) is 2.28. The molecule has 2 saturated carbocycles. The lowest BCUT2D eigenvalue weighted by Crippen LogP contribution is -2.43. The monoisotopic (exact) mass is 252 g/mol. The van der Waals surface area contributed by atoms with Crippen molar-refractivity contribution in [2.24, 2.45) is 28.9 Å². The van der Waals surface area contributed by atoms with Gasteiger partial charge in [-0.2, -0.15) is 0 Å². The second-order valence-electron chi connectivity index (χ2n) is 7.14. The van der Waals surface area contributed by atoms with Crippen LogP contribution in [0.1, 0.15) is 32.1 Å². The largest absolute Gasteiger partial charge is 0.381 e. The first-order chi connectivity index (χ1) is 8.71. The third-order valence-electron chi connectivity index (χ3n) is 5.65. The zero-order valence-corrected chi connectivity index (χ0v) is 11.7. The third kappa shape index (κ3) is 2.45. The Morgan fingerprint density at radius 1 is 1.33 bits per heavy atom. The number of hydrogen-bond acceptors (Lipinski definition) is 3. The van der Waals surface area contributed by atoms with E-state index in [-0.39, 0.29) is 5.41 Å². The Bertz CT molecular complexity index is 288. The van der Waals surface area contributed by atoms with Crippen LogP contribution in [0.3, 0.4) is 0 Å². The molecule has 3 heteroatoms. The molecule has 0 aromatic rings. The van der Waals surface area contributed by atoms with E-state index in [1.807, 2.05) is 0 Å². The van der Waals surface area contributed by atoms with Gasteiger partial charge in [0.05, 0.1) is 6.61 Å². The van der Waals surface area contributed by atoms with Gasteiger partial charge in [0.15, 0.2) is 0 Å². The predicted octanol–water partition coefficient (Wildman–Crippen LogP) is 1.72. The Morgan fingerprint density at radius 3 is 2.78 bits per heavy atom. The normalized spacial score (nSPS) is 43.2. The zero-order valence-electron chi connectivity index (χ0n) is 11.7. The van der Waals surface area contributed by atoms with Gasteiger partial charge in [0, 0.05) is 31.7 Å². The first-order valence-corrected chi connectivity index (χ1v) is 7.67. The first-order valence-electron chi connectivity index (χ1n) is 7.67. The van der Waals surface area contributed by atoms with Crippen molar-refractivity contribution in [2.75, 3.05) is 39.9 Å². The molecule has 0 aromatic carbocycles. The zero-order chi connectivity index (χ0) is 12.6. The molecule has 0 radical (unpaired) electrons. The van der Waals surface area contributed by atoms with Crippen molar-refractivity contribution >= 4 is 0 Å². The SMILES string of the molecule is CN(CC1CC2CCC1C2)CC1(CN)CCOC1. The van der Waals surface area contributed by atoms with Gasteiger partial charge in [0.2, 0.25) is 0 Å². The van der Waals surface area contributed by atoms with Crippen molar-refractivity contribution in [1.29, 1.82) is 0 Å². The summed E-state index contributed by atoms with van der Waals surface area (Å²) in [5.74, 6) is 3.06. The molecule has 4 unspecified atom stereocenters. The summed E-state index contributed by atoms with van der Waals surface area (Å²) in [6, 6.07) is 0. The minimum absolute atomic E-state index is 0.242. The Morgan fingerprint density at radius 2 is 2.22 bits per heavy atom. The van der Waals surface area contributed by atoms with E-state index in [4.69, 9.17) is 10.5 Å². The van der Waals surface area contributed by atoms with E-state index in [1.165, 1.54) is 32.2 Å². The van der Waals surface area contributed by atoms with E-state index < -0.39 is 0 Å². The molecule has 2 N–H and O–H groups in total. The van der Waals surface area contributed by atoms with E-state index in [2.05, 4.69) is 11.9 Å². The maximum Gasteiger partial charge on any atom is 0.0547 e. The number of rotatable bonds is 5. The van der Waals surface area contributed by atoms with Crippen molar-refractivity contribution in [2.45, 2.75) is 32.1 Å². The van der Waals surface area contributed by atoms with Crippen molar-refractivity contribution in [3.63, 3.8) is 0 Å². The van der Waals surface area contributed by atoms with Gasteiger partial charge in [-0.15, -0.1) is 0 Å². The molecule has 18 heavy (non-hydrogen) atoms. The van der Waals surface area contributed by atoms with E-state index in [9.17, 15) is 0 Å². The number of fused-ring (bicyclic) bond motifs is 2. The minimum atomic E-state index is 0.242. The maximum absolute atomic E-state index is 5.98. The number of hydrogen-bond donors (Lipinski definition) is 1. The van der Waals surface area contributed by atoms with Crippen molar-refractivity contribution in [1.82, 2.24) is 4.90 Å². The molecule has 0 aromatic heterocycles. The summed E-state index contributed by atoms with van der Waals surface area (Å²) < 4.78 is 5.56. The summed E-state index contributed by atoms with van der Waals surface area (Å²) in [5.41, 5.74) is 6.22. The van der Waals surface area contributed by atoms with Gasteiger partial charge in [-0.3, -0.25) is 0 Å². The minimum Gasteiger partial charge on any atom is -0.381 e. The lowest BCUT2D eigenvalue weighted by molar-refractivity contribution is 0.112. The summed E-state index contributed by atoms with van der Waals surface area (Å²) in [6.07, 6.45) is 7.15. The van der Waals surface area contributed by atoms with Crippen LogP contribution in [0.2, 0.25) is 0 Å². The summed E-state index contributed by atoms with van der Waals surface area (Å²) in [6.45, 7) is 4.94. The van der Waals surface area contributed by atoms with E-state index in [0.717, 1.165) is 50.5 Å². The number of nitrogens with zero attached hydrogens (tertiary/aromatic N) is 1. The maximum atomic E-state index is 5.98. The van der Waals surface area contributed by atoms with Crippen LogP contribution in [0.15, 0.2) is 0 Å². The smallest absolute Gasteiger partial charge is 0.0547 e. The second-order valence-corrected chi connectivity index (χ2v) is 7.14. The highest BCUT2D eigenvalue weighted by Crippen LogP contribution is 2.48. The predicted molar refractivity (Wildman–Crippen MR) is 73.4 cm³/mol. The van der Waals surface area contributed by atoms with Gasteiger partial charge < -0.3 is 15.4 Å². The van der Waals surface area contributed by atoms with Gasteiger partial charge in [-0.1, -0.05) is 6.42 Å². The number of nitrogens with two attached hydrogens (primary N) is 1. The molecule has 104 valence electrons. The fraction of sp³-hybridized carbons (Fsp3) is 1.00. The van der Waals surface area contributed by atoms with Crippen LogP contribution < -0.4 is 5.73 Å². The molecule has 3 fully saturated rings. The molecule has 1 heterocycles. The van der Waals surface area contributed by atoms with Crippen LogP contribution in [0, 0.1) is 23.2 Å². The van der Waals surface area contributed by atoms with Gasteiger partial charge >= 0.3 is 0 Å². The molecule has 3 aliphatic rings.